The van der Waals surface area contributed by atoms with Crippen molar-refractivity contribution < 1.29 is 0 Å². The van der Waals surface area contributed by atoms with E-state index in [1.54, 1.807) is 11.1 Å². The van der Waals surface area contributed by atoms with Crippen LogP contribution in [0.1, 0.15) is 36.8 Å². The standard InChI is InChI=1S/C52H42IN/c53-51-30-34-28-41-33-50(46(41)29-34)52(51)48-17-8-7-16-45(48)47-32-40(22-27-49(47)52)39-14-9-15-44(31-39)54(42-23-18-37(19-24-42)35-10-3-1-4-11-35)43-25-20-38(21-26-43)36-12-5-2-6-13-36/h1-27,31-32,34,41,46,50-51H,28-30,33H2. The molecule has 4 aliphatic carbocycles. The van der Waals surface area contributed by atoms with E-state index in [9.17, 15) is 0 Å². The molecule has 1 nitrogen and oxygen atoms in total. The molecular weight excluding hydrogens is 765 g/mol. The summed E-state index contributed by atoms with van der Waals surface area (Å²) in [6.45, 7) is 0. The number of hydrogen-bond acceptors (Lipinski definition) is 1. The summed E-state index contributed by atoms with van der Waals surface area (Å²) >= 11 is 2.88. The number of nitrogens with zero attached hydrogens (tertiary/aromatic N) is 1. The average Bonchev–Trinajstić information content (AvgIpc) is 3.67. The summed E-state index contributed by atoms with van der Waals surface area (Å²) in [7, 11) is 0. The number of rotatable bonds is 6. The van der Waals surface area contributed by atoms with Gasteiger partial charge >= 0.3 is 0 Å². The van der Waals surface area contributed by atoms with Gasteiger partial charge in [0.25, 0.3) is 0 Å². The third-order valence-corrected chi connectivity index (χ3v) is 15.1. The number of benzene rings is 7. The van der Waals surface area contributed by atoms with E-state index < -0.39 is 0 Å². The summed E-state index contributed by atoms with van der Waals surface area (Å²) in [5.41, 5.74) is 17.1. The van der Waals surface area contributed by atoms with Crippen LogP contribution in [0.15, 0.2) is 176 Å². The van der Waals surface area contributed by atoms with Gasteiger partial charge in [0.1, 0.15) is 0 Å². The Morgan fingerprint density at radius 2 is 0.981 bits per heavy atom. The van der Waals surface area contributed by atoms with E-state index in [4.69, 9.17) is 0 Å². The van der Waals surface area contributed by atoms with E-state index in [0.29, 0.717) is 3.92 Å². The summed E-state index contributed by atoms with van der Waals surface area (Å²) in [6.07, 6.45) is 5.70. The molecule has 262 valence electrons. The van der Waals surface area contributed by atoms with Crippen molar-refractivity contribution in [1.29, 1.82) is 0 Å². The Morgan fingerprint density at radius 1 is 0.426 bits per heavy atom. The highest BCUT2D eigenvalue weighted by atomic mass is 127. The molecule has 0 N–H and O–H groups in total. The van der Waals surface area contributed by atoms with Crippen molar-refractivity contribution in [1.82, 2.24) is 0 Å². The first-order valence-corrected chi connectivity index (χ1v) is 21.0. The summed E-state index contributed by atoms with van der Waals surface area (Å²) in [5.74, 6) is 3.55. The summed E-state index contributed by atoms with van der Waals surface area (Å²) in [5, 5.41) is 0. The molecule has 1 spiro atoms. The first kappa shape index (κ1) is 32.5. The molecule has 4 aliphatic rings. The maximum atomic E-state index is 2.88. The van der Waals surface area contributed by atoms with Gasteiger partial charge < -0.3 is 4.90 Å². The predicted molar refractivity (Wildman–Crippen MR) is 234 cm³/mol. The van der Waals surface area contributed by atoms with Gasteiger partial charge in [-0.2, -0.15) is 0 Å². The second-order valence-corrected chi connectivity index (χ2v) is 17.7. The topological polar surface area (TPSA) is 3.24 Å². The summed E-state index contributed by atoms with van der Waals surface area (Å²) < 4.78 is 0.628. The highest BCUT2D eigenvalue weighted by Crippen LogP contribution is 2.70. The zero-order valence-electron chi connectivity index (χ0n) is 30.3. The Morgan fingerprint density at radius 3 is 1.67 bits per heavy atom. The van der Waals surface area contributed by atoms with Gasteiger partial charge in [-0.05, 0) is 147 Å². The highest BCUT2D eigenvalue weighted by molar-refractivity contribution is 14.1. The summed E-state index contributed by atoms with van der Waals surface area (Å²) in [4.78, 5) is 2.40. The van der Waals surface area contributed by atoms with E-state index in [-0.39, 0.29) is 5.41 Å². The Balaban J connectivity index is 1.00. The quantitative estimate of drug-likeness (QED) is 0.119. The molecule has 7 aromatic rings. The first-order chi connectivity index (χ1) is 26.6. The number of alkyl halides is 1. The van der Waals surface area contributed by atoms with Crippen LogP contribution in [-0.2, 0) is 5.41 Å². The van der Waals surface area contributed by atoms with Crippen LogP contribution in [0.2, 0.25) is 0 Å². The molecule has 0 heterocycles. The molecule has 6 atom stereocenters. The number of fused-ring (bicyclic) bond motifs is 7. The molecule has 0 saturated heterocycles. The zero-order chi connectivity index (χ0) is 35.8. The largest absolute Gasteiger partial charge is 0.310 e. The monoisotopic (exact) mass is 807 g/mol. The van der Waals surface area contributed by atoms with Crippen molar-refractivity contribution in [3.8, 4) is 44.5 Å². The molecule has 11 rings (SSSR count). The fourth-order valence-corrected chi connectivity index (χ4v) is 13.0. The molecule has 2 heteroatoms. The van der Waals surface area contributed by atoms with Crippen LogP contribution in [0.25, 0.3) is 44.5 Å². The van der Waals surface area contributed by atoms with E-state index in [2.05, 4.69) is 203 Å². The second kappa shape index (κ2) is 12.8. The van der Waals surface area contributed by atoms with E-state index in [0.717, 1.165) is 40.7 Å². The fraction of sp³-hybridized carbons (Fsp3) is 0.192. The van der Waals surface area contributed by atoms with E-state index >= 15 is 0 Å². The van der Waals surface area contributed by atoms with Gasteiger partial charge in [-0.1, -0.05) is 156 Å². The molecule has 54 heavy (non-hydrogen) atoms. The van der Waals surface area contributed by atoms with Gasteiger partial charge in [0.2, 0.25) is 0 Å². The van der Waals surface area contributed by atoms with Gasteiger partial charge in [0, 0.05) is 26.4 Å². The minimum absolute atomic E-state index is 0.137. The molecule has 3 saturated carbocycles. The molecule has 6 unspecified atom stereocenters. The molecule has 0 aliphatic heterocycles. The van der Waals surface area contributed by atoms with Crippen LogP contribution >= 0.6 is 22.6 Å². The lowest BCUT2D eigenvalue weighted by Crippen LogP contribution is -2.52. The van der Waals surface area contributed by atoms with Crippen LogP contribution in [-0.4, -0.2) is 3.92 Å². The van der Waals surface area contributed by atoms with Crippen LogP contribution in [0, 0.1) is 23.7 Å². The lowest BCUT2D eigenvalue weighted by atomic mass is 9.51. The summed E-state index contributed by atoms with van der Waals surface area (Å²) in [6, 6.07) is 65.4. The van der Waals surface area contributed by atoms with Crippen LogP contribution < -0.4 is 4.90 Å². The van der Waals surface area contributed by atoms with Gasteiger partial charge in [0.05, 0.1) is 0 Å². The maximum Gasteiger partial charge on any atom is 0.0467 e. The van der Waals surface area contributed by atoms with Crippen molar-refractivity contribution in [2.45, 2.75) is 35.0 Å². The Bertz CT molecular complexity index is 2410. The van der Waals surface area contributed by atoms with Crippen molar-refractivity contribution in [2.24, 2.45) is 23.7 Å². The molecule has 0 radical (unpaired) electrons. The minimum Gasteiger partial charge on any atom is -0.310 e. The van der Waals surface area contributed by atoms with E-state index in [1.165, 1.54) is 70.2 Å². The van der Waals surface area contributed by atoms with Crippen LogP contribution in [0.5, 0.6) is 0 Å². The number of anilines is 3. The van der Waals surface area contributed by atoms with Gasteiger partial charge in [-0.25, -0.2) is 0 Å². The average molecular weight is 808 g/mol. The van der Waals surface area contributed by atoms with Crippen LogP contribution in [0.3, 0.4) is 0 Å². The predicted octanol–water partition coefficient (Wildman–Crippen LogP) is 14.3. The van der Waals surface area contributed by atoms with Gasteiger partial charge in [-0.3, -0.25) is 0 Å². The first-order valence-electron chi connectivity index (χ1n) is 19.7. The Labute approximate surface area is 332 Å². The Kier molecular flexibility index (Phi) is 7.73. The highest BCUT2D eigenvalue weighted by Gasteiger charge is 2.64. The molecular formula is C52H42IN. The number of hydrogen-bond donors (Lipinski definition) is 0. The molecule has 0 aromatic heterocycles. The smallest absolute Gasteiger partial charge is 0.0467 e. The van der Waals surface area contributed by atoms with Gasteiger partial charge in [-0.15, -0.1) is 0 Å². The van der Waals surface area contributed by atoms with Crippen molar-refractivity contribution >= 4 is 39.7 Å². The third-order valence-electron chi connectivity index (χ3n) is 13.6. The zero-order valence-corrected chi connectivity index (χ0v) is 32.4. The van der Waals surface area contributed by atoms with Crippen molar-refractivity contribution in [3.05, 3.63) is 187 Å². The SMILES string of the molecule is IC1CC2CC3CC(C3C2)C12c1ccccc1-c1cc(-c3cccc(N(c4ccc(-c5ccccc5)cc4)c4ccc(-c5ccccc5)cc4)c3)ccc12. The number of halogens is 1. The van der Waals surface area contributed by atoms with Crippen LogP contribution in [0.4, 0.5) is 17.1 Å². The maximum absolute atomic E-state index is 2.88. The van der Waals surface area contributed by atoms with Crippen molar-refractivity contribution in [3.63, 3.8) is 0 Å². The fourth-order valence-electron chi connectivity index (χ4n) is 11.2. The second-order valence-electron chi connectivity index (χ2n) is 16.2. The molecule has 2 bridgehead atoms. The lowest BCUT2D eigenvalue weighted by molar-refractivity contribution is 0.0447. The lowest BCUT2D eigenvalue weighted by Gasteiger charge is -2.54. The molecule has 7 aromatic carbocycles. The molecule has 3 fully saturated rings. The normalized spacial score (nSPS) is 24.4. The van der Waals surface area contributed by atoms with E-state index in [1.807, 2.05) is 0 Å². The Hall–Kier alpha value is -4.93. The van der Waals surface area contributed by atoms with Crippen molar-refractivity contribution in [2.75, 3.05) is 4.90 Å². The van der Waals surface area contributed by atoms with Gasteiger partial charge in [0.15, 0.2) is 0 Å². The minimum atomic E-state index is 0.137. The molecule has 0 amide bonds. The third kappa shape index (κ3) is 5.02.